The molecule has 0 spiro atoms. The summed E-state index contributed by atoms with van der Waals surface area (Å²) >= 11 is 0. The summed E-state index contributed by atoms with van der Waals surface area (Å²) in [7, 11) is -0.909. The predicted molar refractivity (Wildman–Crippen MR) is 122 cm³/mol. The van der Waals surface area contributed by atoms with Gasteiger partial charge in [-0.15, -0.1) is 34.2 Å². The average molecular weight is 504 g/mol. The molecule has 27 heavy (non-hydrogen) atoms. The highest BCUT2D eigenvalue weighted by Crippen LogP contribution is 2.02. The first-order chi connectivity index (χ1) is 12.7. The number of aryl methyl sites for hydroxylation is 1. The maximum Gasteiger partial charge on any atom is 0.191 e. The minimum Gasteiger partial charge on any atom is -0.357 e. The Morgan fingerprint density at radius 1 is 1.22 bits per heavy atom. The number of hydrogen-bond acceptors (Lipinski definition) is 4. The van der Waals surface area contributed by atoms with Crippen molar-refractivity contribution in [2.45, 2.75) is 32.6 Å². The summed E-state index contributed by atoms with van der Waals surface area (Å²) in [6, 6.07) is 9.91. The number of rotatable bonds is 10. The summed E-state index contributed by atoms with van der Waals surface area (Å²) in [6.45, 7) is 6.91. The van der Waals surface area contributed by atoms with Gasteiger partial charge in [-0.05, 0) is 12.5 Å². The van der Waals surface area contributed by atoms with Crippen molar-refractivity contribution >= 4 is 40.7 Å². The number of aromatic nitrogens is 3. The van der Waals surface area contributed by atoms with Gasteiger partial charge >= 0.3 is 0 Å². The lowest BCUT2D eigenvalue weighted by molar-refractivity contribution is 0.633. The van der Waals surface area contributed by atoms with Crippen molar-refractivity contribution in [2.24, 2.45) is 4.99 Å². The van der Waals surface area contributed by atoms with E-state index in [1.54, 1.807) is 6.33 Å². The molecule has 1 unspecified atom stereocenters. The molecule has 0 aliphatic heterocycles. The van der Waals surface area contributed by atoms with Crippen molar-refractivity contribution in [2.75, 3.05) is 25.4 Å². The maximum absolute atomic E-state index is 12.2. The van der Waals surface area contributed by atoms with Crippen molar-refractivity contribution < 1.29 is 4.21 Å². The van der Waals surface area contributed by atoms with Crippen LogP contribution in [0.5, 0.6) is 0 Å². The maximum atomic E-state index is 12.2. The van der Waals surface area contributed by atoms with Gasteiger partial charge in [0.25, 0.3) is 0 Å². The van der Waals surface area contributed by atoms with Gasteiger partial charge in [-0.1, -0.05) is 37.3 Å². The first kappa shape index (κ1) is 23.5. The lowest BCUT2D eigenvalue weighted by Gasteiger charge is -2.12. The summed E-state index contributed by atoms with van der Waals surface area (Å²) in [4.78, 5) is 4.52. The number of guanidine groups is 1. The van der Waals surface area contributed by atoms with Crippen molar-refractivity contribution in [1.29, 1.82) is 0 Å². The summed E-state index contributed by atoms with van der Waals surface area (Å²) in [5.41, 5.74) is 1.10. The number of nitrogens with zero attached hydrogens (tertiary/aromatic N) is 4. The van der Waals surface area contributed by atoms with Crippen LogP contribution in [0.15, 0.2) is 41.7 Å². The summed E-state index contributed by atoms with van der Waals surface area (Å²) in [5.74, 6) is 2.85. The molecule has 7 nitrogen and oxygen atoms in total. The van der Waals surface area contributed by atoms with E-state index in [9.17, 15) is 4.21 Å². The normalized spacial score (nSPS) is 12.3. The minimum absolute atomic E-state index is 0. The molecule has 0 fully saturated rings. The van der Waals surface area contributed by atoms with E-state index in [1.807, 2.05) is 41.8 Å². The van der Waals surface area contributed by atoms with Crippen LogP contribution in [-0.4, -0.2) is 50.3 Å². The molecular formula is C18H29IN6OS. The second-order valence-corrected chi connectivity index (χ2v) is 7.33. The van der Waals surface area contributed by atoms with Crippen LogP contribution in [0.4, 0.5) is 0 Å². The molecule has 0 amide bonds. The number of halogens is 1. The molecule has 0 bridgehead atoms. The van der Waals surface area contributed by atoms with Crippen LogP contribution < -0.4 is 10.6 Å². The quantitative estimate of drug-likeness (QED) is 0.294. The van der Waals surface area contributed by atoms with Gasteiger partial charge in [0.05, 0.1) is 6.54 Å². The van der Waals surface area contributed by atoms with E-state index in [0.717, 1.165) is 43.4 Å². The van der Waals surface area contributed by atoms with Gasteiger partial charge < -0.3 is 15.2 Å². The number of nitrogens with one attached hydrogen (secondary N) is 2. The van der Waals surface area contributed by atoms with Gasteiger partial charge in [0.15, 0.2) is 5.96 Å². The summed E-state index contributed by atoms with van der Waals surface area (Å²) in [6.07, 6.45) is 2.61. The molecule has 9 heteroatoms. The first-order valence-corrected chi connectivity index (χ1v) is 10.5. The molecule has 2 rings (SSSR count). The highest BCUT2D eigenvalue weighted by molar-refractivity contribution is 14.0. The van der Waals surface area contributed by atoms with Crippen LogP contribution in [0.1, 0.15) is 25.2 Å². The Morgan fingerprint density at radius 2 is 2.00 bits per heavy atom. The molecule has 1 atom stereocenters. The second-order valence-electron chi connectivity index (χ2n) is 5.76. The van der Waals surface area contributed by atoms with Crippen molar-refractivity contribution in [3.63, 3.8) is 0 Å². The smallest absolute Gasteiger partial charge is 0.191 e. The zero-order chi connectivity index (χ0) is 18.6. The van der Waals surface area contributed by atoms with Crippen molar-refractivity contribution in [3.05, 3.63) is 48.0 Å². The van der Waals surface area contributed by atoms with Gasteiger partial charge in [0.2, 0.25) is 0 Å². The SMILES string of the molecule is CCNC(=NCCS(=O)Cc1ccccc1)NCCn1cnnc1CC.I. The zero-order valence-corrected chi connectivity index (χ0v) is 19.1. The fraction of sp³-hybridized carbons (Fsp3) is 0.500. The lowest BCUT2D eigenvalue weighted by Crippen LogP contribution is -2.39. The second kappa shape index (κ2) is 13.6. The molecule has 0 radical (unpaired) electrons. The highest BCUT2D eigenvalue weighted by Gasteiger charge is 2.04. The first-order valence-electron chi connectivity index (χ1n) is 9.00. The van der Waals surface area contributed by atoms with Gasteiger partial charge in [-0.3, -0.25) is 9.20 Å². The van der Waals surface area contributed by atoms with Crippen LogP contribution in [0.25, 0.3) is 0 Å². The summed E-state index contributed by atoms with van der Waals surface area (Å²) < 4.78 is 14.2. The highest BCUT2D eigenvalue weighted by atomic mass is 127. The van der Waals surface area contributed by atoms with Crippen LogP contribution >= 0.6 is 24.0 Å². The largest absolute Gasteiger partial charge is 0.357 e. The Kier molecular flexibility index (Phi) is 11.9. The van der Waals surface area contributed by atoms with Gasteiger partial charge in [-0.2, -0.15) is 0 Å². The third-order valence-corrected chi connectivity index (χ3v) is 5.05. The zero-order valence-electron chi connectivity index (χ0n) is 15.9. The van der Waals surface area contributed by atoms with Crippen molar-refractivity contribution in [3.8, 4) is 0 Å². The van der Waals surface area contributed by atoms with Crippen LogP contribution in [-0.2, 0) is 29.5 Å². The van der Waals surface area contributed by atoms with E-state index in [1.165, 1.54) is 0 Å². The van der Waals surface area contributed by atoms with E-state index in [-0.39, 0.29) is 24.0 Å². The monoisotopic (exact) mass is 504 g/mol. The molecule has 0 saturated heterocycles. The van der Waals surface area contributed by atoms with Crippen molar-refractivity contribution in [1.82, 2.24) is 25.4 Å². The standard InChI is InChI=1S/C18H28N6OS.HI/c1-3-17-23-22-15-24(17)12-10-20-18(19-4-2)21-11-13-26(25)14-16-8-6-5-7-9-16;/h5-9,15H,3-4,10-14H2,1-2H3,(H2,19,20,21);1H. The Bertz CT molecular complexity index is 707. The van der Waals surface area contributed by atoms with E-state index in [0.29, 0.717) is 18.1 Å². The van der Waals surface area contributed by atoms with Gasteiger partial charge in [0, 0.05) is 48.4 Å². The van der Waals surface area contributed by atoms with Gasteiger partial charge in [-0.25, -0.2) is 0 Å². The molecular weight excluding hydrogens is 475 g/mol. The van der Waals surface area contributed by atoms with E-state index >= 15 is 0 Å². The molecule has 1 heterocycles. The van der Waals surface area contributed by atoms with E-state index < -0.39 is 10.8 Å². The predicted octanol–water partition coefficient (Wildman–Crippen LogP) is 1.96. The minimum atomic E-state index is -0.909. The van der Waals surface area contributed by atoms with Crippen LogP contribution in [0, 0.1) is 0 Å². The molecule has 0 aliphatic carbocycles. The number of benzene rings is 1. The molecule has 2 N–H and O–H groups in total. The average Bonchev–Trinajstić information content (AvgIpc) is 3.10. The van der Waals surface area contributed by atoms with E-state index in [2.05, 4.69) is 32.7 Å². The molecule has 0 aliphatic rings. The van der Waals surface area contributed by atoms with Crippen LogP contribution in [0.3, 0.4) is 0 Å². The Balaban J connectivity index is 0.00000364. The third-order valence-electron chi connectivity index (χ3n) is 3.76. The molecule has 1 aromatic heterocycles. The fourth-order valence-corrected chi connectivity index (χ4v) is 3.47. The van der Waals surface area contributed by atoms with E-state index in [4.69, 9.17) is 0 Å². The number of aliphatic imine (C=N–C) groups is 1. The molecule has 2 aromatic rings. The van der Waals surface area contributed by atoms with Gasteiger partial charge in [0.1, 0.15) is 12.2 Å². The molecule has 0 saturated carbocycles. The topological polar surface area (TPSA) is 84.2 Å². The lowest BCUT2D eigenvalue weighted by atomic mass is 10.2. The Morgan fingerprint density at radius 3 is 2.70 bits per heavy atom. The fourth-order valence-electron chi connectivity index (χ4n) is 2.47. The molecule has 1 aromatic carbocycles. The molecule has 150 valence electrons. The summed E-state index contributed by atoms with van der Waals surface area (Å²) in [5, 5.41) is 14.5. The Labute approximate surface area is 180 Å². The Hall–Kier alpha value is -1.49. The number of hydrogen-bond donors (Lipinski definition) is 2. The third kappa shape index (κ3) is 8.83. The van der Waals surface area contributed by atoms with Crippen LogP contribution in [0.2, 0.25) is 0 Å².